The van der Waals surface area contributed by atoms with E-state index in [4.69, 9.17) is 9.47 Å². The molecule has 0 aliphatic carbocycles. The molecular formula is C17H19N3O3. The van der Waals surface area contributed by atoms with Crippen molar-refractivity contribution in [3.63, 3.8) is 0 Å². The molecule has 0 radical (unpaired) electrons. The standard InChI is InChI=1S/C17H19N3O3/c1-3-10-18-16-9-8-13(11-19-16)20-17(21)12-23-15-7-5-4-6-14(15)22-2/h3-9,11H,1,10,12H2,2H3,(H,18,19)(H,20,21). The van der Waals surface area contributed by atoms with Crippen LogP contribution in [0.5, 0.6) is 11.5 Å². The van der Waals surface area contributed by atoms with Gasteiger partial charge >= 0.3 is 0 Å². The van der Waals surface area contributed by atoms with E-state index in [1.165, 1.54) is 0 Å². The van der Waals surface area contributed by atoms with Crippen LogP contribution in [0.4, 0.5) is 11.5 Å². The monoisotopic (exact) mass is 313 g/mol. The number of pyridine rings is 1. The fourth-order valence-electron chi connectivity index (χ4n) is 1.83. The van der Waals surface area contributed by atoms with Crippen molar-refractivity contribution in [3.05, 3.63) is 55.3 Å². The summed E-state index contributed by atoms with van der Waals surface area (Å²) in [5.74, 6) is 1.55. The number of amides is 1. The molecule has 6 heteroatoms. The summed E-state index contributed by atoms with van der Waals surface area (Å²) in [7, 11) is 1.55. The smallest absolute Gasteiger partial charge is 0.262 e. The van der Waals surface area contributed by atoms with Gasteiger partial charge in [0.25, 0.3) is 5.91 Å². The Morgan fingerprint density at radius 3 is 2.70 bits per heavy atom. The summed E-state index contributed by atoms with van der Waals surface area (Å²) in [4.78, 5) is 16.1. The molecule has 0 spiro atoms. The van der Waals surface area contributed by atoms with Gasteiger partial charge in [-0.05, 0) is 24.3 Å². The molecule has 2 rings (SSSR count). The number of carbonyl (C=O) groups is 1. The van der Waals surface area contributed by atoms with Crippen molar-refractivity contribution in [1.82, 2.24) is 4.98 Å². The third-order valence-electron chi connectivity index (χ3n) is 2.90. The zero-order chi connectivity index (χ0) is 16.5. The highest BCUT2D eigenvalue weighted by Crippen LogP contribution is 2.25. The zero-order valence-corrected chi connectivity index (χ0v) is 12.9. The van der Waals surface area contributed by atoms with Gasteiger partial charge in [-0.25, -0.2) is 4.98 Å². The molecule has 1 heterocycles. The molecule has 23 heavy (non-hydrogen) atoms. The van der Waals surface area contributed by atoms with Crippen LogP contribution in [0.1, 0.15) is 0 Å². The Labute approximate surface area is 135 Å². The zero-order valence-electron chi connectivity index (χ0n) is 12.9. The van der Waals surface area contributed by atoms with E-state index < -0.39 is 0 Å². The van der Waals surface area contributed by atoms with Crippen LogP contribution in [0.3, 0.4) is 0 Å². The minimum absolute atomic E-state index is 0.114. The number of hydrogen-bond acceptors (Lipinski definition) is 5. The van der Waals surface area contributed by atoms with Gasteiger partial charge in [-0.2, -0.15) is 0 Å². The summed E-state index contributed by atoms with van der Waals surface area (Å²) in [6.45, 7) is 4.14. The van der Waals surface area contributed by atoms with Crippen LogP contribution in [0, 0.1) is 0 Å². The van der Waals surface area contributed by atoms with Crippen molar-refractivity contribution in [1.29, 1.82) is 0 Å². The summed E-state index contributed by atoms with van der Waals surface area (Å²) in [5, 5.41) is 5.77. The van der Waals surface area contributed by atoms with Crippen LogP contribution in [0.2, 0.25) is 0 Å². The van der Waals surface area contributed by atoms with Gasteiger partial charge < -0.3 is 20.1 Å². The Bertz CT molecular complexity index is 656. The summed E-state index contributed by atoms with van der Waals surface area (Å²) in [6, 6.07) is 10.7. The lowest BCUT2D eigenvalue weighted by Gasteiger charge is -2.10. The number of benzene rings is 1. The summed E-state index contributed by atoms with van der Waals surface area (Å²) >= 11 is 0. The van der Waals surface area contributed by atoms with Crippen LogP contribution in [0.25, 0.3) is 0 Å². The van der Waals surface area contributed by atoms with E-state index in [0.717, 1.165) is 0 Å². The number of nitrogens with one attached hydrogen (secondary N) is 2. The fraction of sp³-hybridized carbons (Fsp3) is 0.176. The lowest BCUT2D eigenvalue weighted by Crippen LogP contribution is -2.20. The maximum absolute atomic E-state index is 11.9. The second-order valence-electron chi connectivity index (χ2n) is 4.59. The molecule has 120 valence electrons. The van der Waals surface area contributed by atoms with Crippen LogP contribution in [-0.4, -0.2) is 31.2 Å². The minimum atomic E-state index is -0.274. The van der Waals surface area contributed by atoms with Crippen molar-refractivity contribution < 1.29 is 14.3 Å². The Morgan fingerprint density at radius 2 is 2.04 bits per heavy atom. The molecule has 0 bridgehead atoms. The largest absolute Gasteiger partial charge is 0.493 e. The van der Waals surface area contributed by atoms with Crippen molar-refractivity contribution in [2.24, 2.45) is 0 Å². The summed E-state index contributed by atoms with van der Waals surface area (Å²) in [5.41, 5.74) is 0.600. The Kier molecular flexibility index (Phi) is 5.99. The number of carbonyl (C=O) groups excluding carboxylic acids is 1. The molecule has 2 N–H and O–H groups in total. The van der Waals surface area contributed by atoms with Gasteiger partial charge in [0.15, 0.2) is 18.1 Å². The molecule has 1 aromatic carbocycles. The second-order valence-corrected chi connectivity index (χ2v) is 4.59. The Balaban J connectivity index is 1.86. The average molecular weight is 313 g/mol. The number of anilines is 2. The third-order valence-corrected chi connectivity index (χ3v) is 2.90. The first-order valence-electron chi connectivity index (χ1n) is 7.09. The molecule has 2 aromatic rings. The molecule has 1 aromatic heterocycles. The second kappa shape index (κ2) is 8.43. The van der Waals surface area contributed by atoms with Gasteiger partial charge in [-0.3, -0.25) is 4.79 Å². The molecule has 6 nitrogen and oxygen atoms in total. The quantitative estimate of drug-likeness (QED) is 0.733. The van der Waals surface area contributed by atoms with Crippen LogP contribution in [-0.2, 0) is 4.79 Å². The van der Waals surface area contributed by atoms with Gasteiger partial charge in [0.2, 0.25) is 0 Å². The SMILES string of the molecule is C=CCNc1ccc(NC(=O)COc2ccccc2OC)cn1. The van der Waals surface area contributed by atoms with Crippen molar-refractivity contribution >= 4 is 17.4 Å². The fourth-order valence-corrected chi connectivity index (χ4v) is 1.83. The Hall–Kier alpha value is -3.02. The predicted octanol–water partition coefficient (Wildman–Crippen LogP) is 2.71. The van der Waals surface area contributed by atoms with E-state index in [9.17, 15) is 4.79 Å². The molecule has 0 saturated heterocycles. The van der Waals surface area contributed by atoms with Crippen molar-refractivity contribution in [3.8, 4) is 11.5 Å². The number of rotatable bonds is 8. The third kappa shape index (κ3) is 5.03. The predicted molar refractivity (Wildman–Crippen MR) is 90.0 cm³/mol. The summed E-state index contributed by atoms with van der Waals surface area (Å²) in [6.07, 6.45) is 3.32. The highest BCUT2D eigenvalue weighted by atomic mass is 16.5. The number of hydrogen-bond donors (Lipinski definition) is 2. The van der Waals surface area contributed by atoms with E-state index >= 15 is 0 Å². The lowest BCUT2D eigenvalue weighted by molar-refractivity contribution is -0.118. The molecule has 0 atom stereocenters. The van der Waals surface area contributed by atoms with E-state index in [2.05, 4.69) is 22.2 Å². The van der Waals surface area contributed by atoms with Gasteiger partial charge in [-0.15, -0.1) is 6.58 Å². The molecular weight excluding hydrogens is 294 g/mol. The maximum Gasteiger partial charge on any atom is 0.262 e. The van der Waals surface area contributed by atoms with Crippen molar-refractivity contribution in [2.75, 3.05) is 30.9 Å². The van der Waals surface area contributed by atoms with Crippen molar-refractivity contribution in [2.45, 2.75) is 0 Å². The van der Waals surface area contributed by atoms with Gasteiger partial charge in [-0.1, -0.05) is 18.2 Å². The van der Waals surface area contributed by atoms with Gasteiger partial charge in [0.05, 0.1) is 19.0 Å². The molecule has 1 amide bonds. The number of para-hydroxylation sites is 2. The van der Waals surface area contributed by atoms with E-state index in [1.54, 1.807) is 43.6 Å². The molecule has 0 fully saturated rings. The maximum atomic E-state index is 11.9. The first kappa shape index (κ1) is 16.4. The van der Waals surface area contributed by atoms with Crippen LogP contribution in [0.15, 0.2) is 55.3 Å². The highest BCUT2D eigenvalue weighted by Gasteiger charge is 2.07. The normalized spacial score (nSPS) is 9.78. The first-order chi connectivity index (χ1) is 11.2. The number of aromatic nitrogens is 1. The van der Waals surface area contributed by atoms with Crippen LogP contribution >= 0.6 is 0 Å². The number of ether oxygens (including phenoxy) is 2. The average Bonchev–Trinajstić information content (AvgIpc) is 2.59. The lowest BCUT2D eigenvalue weighted by atomic mass is 10.3. The van der Waals surface area contributed by atoms with E-state index in [1.807, 2.05) is 12.1 Å². The highest BCUT2D eigenvalue weighted by molar-refractivity contribution is 5.91. The topological polar surface area (TPSA) is 72.5 Å². The molecule has 0 saturated carbocycles. The van der Waals surface area contributed by atoms with Gasteiger partial charge in [0, 0.05) is 6.54 Å². The van der Waals surface area contributed by atoms with Gasteiger partial charge in [0.1, 0.15) is 5.82 Å². The molecule has 0 aliphatic rings. The number of nitrogens with zero attached hydrogens (tertiary/aromatic N) is 1. The summed E-state index contributed by atoms with van der Waals surface area (Å²) < 4.78 is 10.6. The minimum Gasteiger partial charge on any atom is -0.493 e. The van der Waals surface area contributed by atoms with Crippen LogP contribution < -0.4 is 20.1 Å². The molecule has 0 aliphatic heterocycles. The Morgan fingerprint density at radius 1 is 1.26 bits per heavy atom. The van der Waals surface area contributed by atoms with E-state index in [0.29, 0.717) is 29.5 Å². The number of methoxy groups -OCH3 is 1. The molecule has 0 unspecified atom stereocenters. The van der Waals surface area contributed by atoms with E-state index in [-0.39, 0.29) is 12.5 Å². The first-order valence-corrected chi connectivity index (χ1v) is 7.09.